The largest absolute Gasteiger partial charge is 0.494 e. The van der Waals surface area contributed by atoms with Crippen molar-refractivity contribution in [1.82, 2.24) is 0 Å². The normalized spacial score (nSPS) is 10.3. The Morgan fingerprint density at radius 3 is 2.76 bits per heavy atom. The number of thiophene rings is 1. The molecule has 0 amide bonds. The van der Waals surface area contributed by atoms with Crippen LogP contribution in [-0.4, -0.2) is 12.9 Å². The Labute approximate surface area is 107 Å². The van der Waals surface area contributed by atoms with Gasteiger partial charge >= 0.3 is 0 Å². The van der Waals surface area contributed by atoms with Crippen LogP contribution < -0.4 is 4.74 Å². The third-order valence-corrected chi connectivity index (χ3v) is 3.59. The van der Waals surface area contributed by atoms with Gasteiger partial charge in [-0.15, -0.1) is 11.3 Å². The zero-order valence-corrected chi connectivity index (χ0v) is 10.4. The highest BCUT2D eigenvalue weighted by Gasteiger charge is 2.20. The summed E-state index contributed by atoms with van der Waals surface area (Å²) in [5, 5.41) is 2.02. The third-order valence-electron chi connectivity index (χ3n) is 2.25. The summed E-state index contributed by atoms with van der Waals surface area (Å²) in [5.41, 5.74) is -0.0336. The molecule has 0 N–H and O–H groups in total. The average molecular weight is 271 g/mol. The Bertz CT molecular complexity index is 565. The van der Waals surface area contributed by atoms with E-state index < -0.39 is 11.6 Å². The number of ketones is 1. The molecule has 1 aromatic heterocycles. The minimum absolute atomic E-state index is 0.0336. The van der Waals surface area contributed by atoms with Crippen LogP contribution in [0.5, 0.6) is 5.75 Å². The van der Waals surface area contributed by atoms with E-state index in [9.17, 15) is 9.18 Å². The van der Waals surface area contributed by atoms with Crippen LogP contribution in [0.2, 0.25) is 5.02 Å². The average Bonchev–Trinajstić information content (AvgIpc) is 2.75. The van der Waals surface area contributed by atoms with Gasteiger partial charge in [-0.05, 0) is 23.6 Å². The highest BCUT2D eigenvalue weighted by molar-refractivity contribution is 7.13. The quantitative estimate of drug-likeness (QED) is 0.794. The molecule has 0 fully saturated rings. The summed E-state index contributed by atoms with van der Waals surface area (Å²) in [6, 6.07) is 6.05. The minimum atomic E-state index is -0.663. The predicted molar refractivity (Wildman–Crippen MR) is 65.7 cm³/mol. The third kappa shape index (κ3) is 2.18. The molecule has 88 valence electrons. The molecule has 0 bridgehead atoms. The molecule has 0 radical (unpaired) electrons. The van der Waals surface area contributed by atoms with Gasteiger partial charge < -0.3 is 4.74 Å². The van der Waals surface area contributed by atoms with Gasteiger partial charge in [0.25, 0.3) is 0 Å². The van der Waals surface area contributed by atoms with E-state index in [0.717, 1.165) is 0 Å². The maximum Gasteiger partial charge on any atom is 0.207 e. The molecule has 1 heterocycles. The lowest BCUT2D eigenvalue weighted by Gasteiger charge is -2.05. The SMILES string of the molecule is COc1cccc(C(=O)c2sccc2Cl)c1F. The van der Waals surface area contributed by atoms with Gasteiger partial charge in [0.05, 0.1) is 22.6 Å². The molecule has 2 rings (SSSR count). The minimum Gasteiger partial charge on any atom is -0.494 e. The lowest BCUT2D eigenvalue weighted by Crippen LogP contribution is -2.04. The second-order valence-electron chi connectivity index (χ2n) is 3.25. The van der Waals surface area contributed by atoms with Crippen molar-refractivity contribution in [3.05, 3.63) is 50.9 Å². The molecule has 0 atom stereocenters. The fraction of sp³-hybridized carbons (Fsp3) is 0.0833. The van der Waals surface area contributed by atoms with E-state index in [2.05, 4.69) is 0 Å². The van der Waals surface area contributed by atoms with Crippen LogP contribution in [0, 0.1) is 5.82 Å². The molecule has 0 spiro atoms. The Hall–Kier alpha value is -1.39. The predicted octanol–water partition coefficient (Wildman–Crippen LogP) is 3.78. The van der Waals surface area contributed by atoms with Crippen molar-refractivity contribution in [1.29, 1.82) is 0 Å². The summed E-state index contributed by atoms with van der Waals surface area (Å²) in [6.07, 6.45) is 0. The van der Waals surface area contributed by atoms with Crippen molar-refractivity contribution in [2.75, 3.05) is 7.11 Å². The molecule has 0 unspecified atom stereocenters. The van der Waals surface area contributed by atoms with Crippen molar-refractivity contribution in [3.63, 3.8) is 0 Å². The number of halogens is 2. The monoisotopic (exact) mass is 270 g/mol. The highest BCUT2D eigenvalue weighted by atomic mass is 35.5. The molecular formula is C12H8ClFO2S. The zero-order valence-electron chi connectivity index (χ0n) is 8.87. The standard InChI is InChI=1S/C12H8ClFO2S/c1-16-9-4-2-3-7(10(9)14)11(15)12-8(13)5-6-17-12/h2-6H,1H3. The fourth-order valence-corrected chi connectivity index (χ4v) is 2.52. The summed E-state index contributed by atoms with van der Waals surface area (Å²) >= 11 is 7.03. The summed E-state index contributed by atoms with van der Waals surface area (Å²) in [4.78, 5) is 12.4. The van der Waals surface area contributed by atoms with Gasteiger partial charge in [-0.25, -0.2) is 4.39 Å². The van der Waals surface area contributed by atoms with Crippen molar-refractivity contribution in [3.8, 4) is 5.75 Å². The van der Waals surface area contributed by atoms with Gasteiger partial charge in [0.15, 0.2) is 11.6 Å². The van der Waals surface area contributed by atoms with E-state index in [1.54, 1.807) is 17.5 Å². The van der Waals surface area contributed by atoms with Crippen molar-refractivity contribution in [2.45, 2.75) is 0 Å². The van der Waals surface area contributed by atoms with Crippen LogP contribution >= 0.6 is 22.9 Å². The summed E-state index contributed by atoms with van der Waals surface area (Å²) in [5.74, 6) is -1.05. The summed E-state index contributed by atoms with van der Waals surface area (Å²) < 4.78 is 18.7. The van der Waals surface area contributed by atoms with Gasteiger partial charge in [-0.2, -0.15) is 0 Å². The van der Waals surface area contributed by atoms with Gasteiger partial charge in [0.2, 0.25) is 5.78 Å². The maximum absolute atomic E-state index is 13.9. The number of ether oxygens (including phenoxy) is 1. The van der Waals surface area contributed by atoms with Crippen LogP contribution in [0.1, 0.15) is 15.2 Å². The number of hydrogen-bond acceptors (Lipinski definition) is 3. The first kappa shape index (κ1) is 12.1. The van der Waals surface area contributed by atoms with Crippen LogP contribution in [0.15, 0.2) is 29.6 Å². The molecule has 0 aliphatic carbocycles. The Morgan fingerprint density at radius 2 is 2.18 bits per heavy atom. The van der Waals surface area contributed by atoms with E-state index in [4.69, 9.17) is 16.3 Å². The number of carbonyl (C=O) groups excluding carboxylic acids is 1. The first-order valence-electron chi connectivity index (χ1n) is 4.75. The van der Waals surface area contributed by atoms with Crippen molar-refractivity contribution >= 4 is 28.7 Å². The zero-order chi connectivity index (χ0) is 12.4. The molecule has 0 saturated heterocycles. The number of carbonyl (C=O) groups is 1. The molecule has 0 aliphatic heterocycles. The lowest BCUT2D eigenvalue weighted by molar-refractivity contribution is 0.103. The smallest absolute Gasteiger partial charge is 0.207 e. The number of hydrogen-bond donors (Lipinski definition) is 0. The molecule has 0 saturated carbocycles. The van der Waals surface area contributed by atoms with Crippen LogP contribution in [0.3, 0.4) is 0 Å². The van der Waals surface area contributed by atoms with Gasteiger partial charge in [0, 0.05) is 0 Å². The summed E-state index contributed by atoms with van der Waals surface area (Å²) in [6.45, 7) is 0. The highest BCUT2D eigenvalue weighted by Crippen LogP contribution is 2.28. The van der Waals surface area contributed by atoms with Crippen molar-refractivity contribution in [2.24, 2.45) is 0 Å². The number of benzene rings is 1. The second-order valence-corrected chi connectivity index (χ2v) is 4.57. The molecule has 2 nitrogen and oxygen atoms in total. The Morgan fingerprint density at radius 1 is 1.41 bits per heavy atom. The molecule has 0 aliphatic rings. The Kier molecular flexibility index (Phi) is 3.45. The van der Waals surface area contributed by atoms with E-state index in [0.29, 0.717) is 9.90 Å². The van der Waals surface area contributed by atoms with E-state index >= 15 is 0 Å². The molecule has 2 aromatic rings. The molecule has 17 heavy (non-hydrogen) atoms. The van der Waals surface area contributed by atoms with E-state index in [-0.39, 0.29) is 11.3 Å². The van der Waals surface area contributed by atoms with Crippen LogP contribution in [0.25, 0.3) is 0 Å². The second kappa shape index (κ2) is 4.85. The number of rotatable bonds is 3. The van der Waals surface area contributed by atoms with Crippen LogP contribution in [0.4, 0.5) is 4.39 Å². The van der Waals surface area contributed by atoms with E-state index in [1.807, 2.05) is 0 Å². The maximum atomic E-state index is 13.9. The number of methoxy groups -OCH3 is 1. The van der Waals surface area contributed by atoms with Gasteiger partial charge in [-0.3, -0.25) is 4.79 Å². The van der Waals surface area contributed by atoms with Gasteiger partial charge in [-0.1, -0.05) is 17.7 Å². The first-order valence-corrected chi connectivity index (χ1v) is 6.01. The van der Waals surface area contributed by atoms with Crippen LogP contribution in [-0.2, 0) is 0 Å². The topological polar surface area (TPSA) is 26.3 Å². The summed E-state index contributed by atoms with van der Waals surface area (Å²) in [7, 11) is 1.35. The van der Waals surface area contributed by atoms with E-state index in [1.165, 1.54) is 30.6 Å². The van der Waals surface area contributed by atoms with Gasteiger partial charge in [0.1, 0.15) is 0 Å². The molecular weight excluding hydrogens is 263 g/mol. The first-order chi connectivity index (χ1) is 8.15. The Balaban J connectivity index is 2.48. The van der Waals surface area contributed by atoms with Crippen molar-refractivity contribution < 1.29 is 13.9 Å². The molecule has 5 heteroatoms. The molecule has 1 aromatic carbocycles. The fourth-order valence-electron chi connectivity index (χ4n) is 1.42. The lowest BCUT2D eigenvalue weighted by atomic mass is 10.1.